The van der Waals surface area contributed by atoms with E-state index in [4.69, 9.17) is 11.6 Å². The van der Waals surface area contributed by atoms with Crippen LogP contribution in [0.5, 0.6) is 0 Å². The number of sulfonamides is 1. The number of hydrogen-bond donors (Lipinski definition) is 1. The topological polar surface area (TPSA) is 66.5 Å². The highest BCUT2D eigenvalue weighted by Gasteiger charge is 2.29. The number of carbonyl (C=O) groups is 1. The molecule has 1 amide bonds. The van der Waals surface area contributed by atoms with Crippen LogP contribution in [0.4, 0.5) is 11.4 Å². The normalized spacial score (nSPS) is 13.6. The number of rotatable bonds is 4. The van der Waals surface area contributed by atoms with Gasteiger partial charge in [0.05, 0.1) is 21.2 Å². The lowest BCUT2D eigenvalue weighted by molar-refractivity contribution is 0.102. The number of nitrogens with one attached hydrogen (secondary N) is 1. The van der Waals surface area contributed by atoms with Crippen molar-refractivity contribution in [2.45, 2.75) is 17.7 Å². The molecule has 3 aromatic carbocycles. The Morgan fingerprint density at radius 1 is 1.03 bits per heavy atom. The molecule has 1 aliphatic heterocycles. The molecule has 0 spiro atoms. The molecule has 0 unspecified atom stereocenters. The summed E-state index contributed by atoms with van der Waals surface area (Å²) in [5.41, 5.74) is 2.47. The molecule has 1 aliphatic rings. The van der Waals surface area contributed by atoms with Crippen molar-refractivity contribution in [2.24, 2.45) is 0 Å². The van der Waals surface area contributed by atoms with Crippen LogP contribution in [0.3, 0.4) is 0 Å². The molecule has 4 rings (SSSR count). The summed E-state index contributed by atoms with van der Waals surface area (Å²) in [6.45, 7) is 0.420. The standard InChI is InChI=1S/C22H18BrClN2O3S/c23-16-8-10-20(24)19(14-16)22(27)25-17-9-11-21-15(13-17)5-4-12-26(21)30(28,29)18-6-2-1-3-7-18/h1-3,6-11,13-14H,4-5,12H2,(H,25,27). The molecule has 0 fully saturated rings. The summed E-state index contributed by atoms with van der Waals surface area (Å²) >= 11 is 9.49. The van der Waals surface area contributed by atoms with E-state index in [0.717, 1.165) is 16.5 Å². The van der Waals surface area contributed by atoms with E-state index in [1.807, 2.05) is 6.07 Å². The van der Waals surface area contributed by atoms with Crippen LogP contribution >= 0.6 is 27.5 Å². The lowest BCUT2D eigenvalue weighted by Crippen LogP contribution is -2.35. The van der Waals surface area contributed by atoms with Gasteiger partial charge in [-0.1, -0.05) is 45.7 Å². The highest BCUT2D eigenvalue weighted by Crippen LogP contribution is 2.34. The molecule has 0 saturated heterocycles. The van der Waals surface area contributed by atoms with E-state index in [9.17, 15) is 13.2 Å². The first kappa shape index (κ1) is 20.9. The predicted octanol–water partition coefficient (Wildman–Crippen LogP) is 5.50. The minimum Gasteiger partial charge on any atom is -0.322 e. The zero-order valence-electron chi connectivity index (χ0n) is 15.8. The van der Waals surface area contributed by atoms with Gasteiger partial charge < -0.3 is 5.32 Å². The number of hydrogen-bond acceptors (Lipinski definition) is 3. The maximum atomic E-state index is 13.1. The minimum atomic E-state index is -3.64. The Kier molecular flexibility index (Phi) is 5.86. The lowest BCUT2D eigenvalue weighted by Gasteiger charge is -2.31. The molecule has 0 bridgehead atoms. The summed E-state index contributed by atoms with van der Waals surface area (Å²) < 4.78 is 28.4. The van der Waals surface area contributed by atoms with Gasteiger partial charge in [0, 0.05) is 16.7 Å². The quantitative estimate of drug-likeness (QED) is 0.509. The van der Waals surface area contributed by atoms with E-state index in [2.05, 4.69) is 21.2 Å². The number of nitrogens with zero attached hydrogens (tertiary/aromatic N) is 1. The third-order valence-corrected chi connectivity index (χ3v) is 7.57. The fourth-order valence-corrected chi connectivity index (χ4v) is 5.61. The Morgan fingerprint density at radius 3 is 2.57 bits per heavy atom. The molecule has 0 saturated carbocycles. The molecule has 8 heteroatoms. The number of halogens is 2. The Bertz CT molecular complexity index is 1220. The summed E-state index contributed by atoms with van der Waals surface area (Å²) in [6.07, 6.45) is 1.44. The number of carbonyl (C=O) groups excluding carboxylic acids is 1. The molecule has 0 aromatic heterocycles. The average Bonchev–Trinajstić information content (AvgIpc) is 2.75. The smallest absolute Gasteiger partial charge is 0.264 e. The van der Waals surface area contributed by atoms with E-state index in [1.165, 1.54) is 4.31 Å². The van der Waals surface area contributed by atoms with Crippen LogP contribution in [0.15, 0.2) is 76.1 Å². The van der Waals surface area contributed by atoms with Crippen molar-refractivity contribution in [3.63, 3.8) is 0 Å². The van der Waals surface area contributed by atoms with Gasteiger partial charge in [0.1, 0.15) is 0 Å². The van der Waals surface area contributed by atoms with Crippen LogP contribution in [-0.2, 0) is 16.4 Å². The zero-order chi connectivity index (χ0) is 21.3. The maximum Gasteiger partial charge on any atom is 0.264 e. The van der Waals surface area contributed by atoms with Crippen LogP contribution in [0.25, 0.3) is 0 Å². The van der Waals surface area contributed by atoms with Crippen molar-refractivity contribution in [1.82, 2.24) is 0 Å². The molecule has 1 heterocycles. The van der Waals surface area contributed by atoms with Crippen molar-refractivity contribution < 1.29 is 13.2 Å². The van der Waals surface area contributed by atoms with Gasteiger partial charge in [0.25, 0.3) is 15.9 Å². The van der Waals surface area contributed by atoms with Crippen molar-refractivity contribution >= 4 is 54.8 Å². The second-order valence-electron chi connectivity index (χ2n) is 6.92. The first-order chi connectivity index (χ1) is 14.4. The Morgan fingerprint density at radius 2 is 1.80 bits per heavy atom. The molecule has 5 nitrogen and oxygen atoms in total. The predicted molar refractivity (Wildman–Crippen MR) is 123 cm³/mol. The zero-order valence-corrected chi connectivity index (χ0v) is 19.0. The minimum absolute atomic E-state index is 0.263. The van der Waals surface area contributed by atoms with E-state index >= 15 is 0 Å². The van der Waals surface area contributed by atoms with E-state index in [0.29, 0.717) is 34.9 Å². The molecule has 0 atom stereocenters. The van der Waals surface area contributed by atoms with Gasteiger partial charge in [-0.05, 0) is 66.9 Å². The summed E-state index contributed by atoms with van der Waals surface area (Å²) in [5.74, 6) is -0.328. The summed E-state index contributed by atoms with van der Waals surface area (Å²) in [6, 6.07) is 18.8. The molecular formula is C22H18BrClN2O3S. The first-order valence-corrected chi connectivity index (χ1v) is 11.9. The van der Waals surface area contributed by atoms with Crippen molar-refractivity contribution in [3.8, 4) is 0 Å². The van der Waals surface area contributed by atoms with E-state index in [-0.39, 0.29) is 10.8 Å². The maximum absolute atomic E-state index is 13.1. The van der Waals surface area contributed by atoms with Crippen LogP contribution in [0, 0.1) is 0 Å². The molecule has 0 aliphatic carbocycles. The van der Waals surface area contributed by atoms with Crippen LogP contribution in [0.1, 0.15) is 22.3 Å². The van der Waals surface area contributed by atoms with Gasteiger partial charge in [-0.25, -0.2) is 8.42 Å². The highest BCUT2D eigenvalue weighted by atomic mass is 79.9. The van der Waals surface area contributed by atoms with Gasteiger partial charge in [0.15, 0.2) is 0 Å². The van der Waals surface area contributed by atoms with E-state index in [1.54, 1.807) is 60.7 Å². The SMILES string of the molecule is O=C(Nc1ccc2c(c1)CCCN2S(=O)(=O)c1ccccc1)c1cc(Br)ccc1Cl. The second kappa shape index (κ2) is 8.41. The molecule has 154 valence electrons. The second-order valence-corrected chi connectivity index (χ2v) is 10.1. The monoisotopic (exact) mass is 504 g/mol. The largest absolute Gasteiger partial charge is 0.322 e. The van der Waals surface area contributed by atoms with Gasteiger partial charge in [-0.3, -0.25) is 9.10 Å². The number of aryl methyl sites for hydroxylation is 1. The Balaban J connectivity index is 1.62. The summed E-state index contributed by atoms with van der Waals surface area (Å²) in [7, 11) is -3.64. The average molecular weight is 506 g/mol. The highest BCUT2D eigenvalue weighted by molar-refractivity contribution is 9.10. The lowest BCUT2D eigenvalue weighted by atomic mass is 10.0. The van der Waals surface area contributed by atoms with Gasteiger partial charge in [-0.15, -0.1) is 0 Å². The van der Waals surface area contributed by atoms with Gasteiger partial charge in [-0.2, -0.15) is 0 Å². The van der Waals surface area contributed by atoms with Crippen LogP contribution in [0.2, 0.25) is 5.02 Å². The molecular weight excluding hydrogens is 488 g/mol. The van der Waals surface area contributed by atoms with Gasteiger partial charge >= 0.3 is 0 Å². The Hall–Kier alpha value is -2.35. The summed E-state index contributed by atoms with van der Waals surface area (Å²) in [5, 5.41) is 3.20. The van der Waals surface area contributed by atoms with Gasteiger partial charge in [0.2, 0.25) is 0 Å². The fraction of sp³-hybridized carbons (Fsp3) is 0.136. The van der Waals surface area contributed by atoms with Crippen molar-refractivity contribution in [1.29, 1.82) is 0 Å². The Labute approximate surface area is 188 Å². The molecule has 0 radical (unpaired) electrons. The first-order valence-electron chi connectivity index (χ1n) is 9.33. The third-order valence-electron chi connectivity index (χ3n) is 4.92. The molecule has 30 heavy (non-hydrogen) atoms. The van der Waals surface area contributed by atoms with Crippen molar-refractivity contribution in [3.05, 3.63) is 87.4 Å². The molecule has 1 N–H and O–H groups in total. The van der Waals surface area contributed by atoms with Crippen LogP contribution in [-0.4, -0.2) is 20.9 Å². The number of amides is 1. The summed E-state index contributed by atoms with van der Waals surface area (Å²) in [4.78, 5) is 12.9. The fourth-order valence-electron chi connectivity index (χ4n) is 3.48. The number of anilines is 2. The van der Waals surface area contributed by atoms with Crippen LogP contribution < -0.4 is 9.62 Å². The molecule has 3 aromatic rings. The number of benzene rings is 3. The number of fused-ring (bicyclic) bond motifs is 1. The third kappa shape index (κ3) is 4.10. The van der Waals surface area contributed by atoms with Crippen molar-refractivity contribution in [2.75, 3.05) is 16.2 Å². The van der Waals surface area contributed by atoms with E-state index < -0.39 is 10.0 Å².